The van der Waals surface area contributed by atoms with Gasteiger partial charge >= 0.3 is 0 Å². The third-order valence-electron chi connectivity index (χ3n) is 2.29. The van der Waals surface area contributed by atoms with Gasteiger partial charge in [0.2, 0.25) is 0 Å². The molecular weight excluding hydrogens is 204 g/mol. The molecule has 0 radical (unpaired) electrons. The molecule has 0 aliphatic heterocycles. The molecule has 4 nitrogen and oxygen atoms in total. The minimum atomic E-state index is 0.451. The maximum Gasteiger partial charge on any atom is 0.176 e. The molecule has 0 aliphatic rings. The molecule has 0 spiro atoms. The molecule has 0 amide bonds. The molecule has 1 N–H and O–H groups in total. The lowest BCUT2D eigenvalue weighted by atomic mass is 10.3. The fourth-order valence-electron chi connectivity index (χ4n) is 1.55. The first kappa shape index (κ1) is 10.3. The van der Waals surface area contributed by atoms with E-state index in [-0.39, 0.29) is 0 Å². The van der Waals surface area contributed by atoms with Crippen molar-refractivity contribution in [2.45, 2.75) is 0 Å². The van der Waals surface area contributed by atoms with E-state index in [1.807, 2.05) is 36.5 Å². The fourth-order valence-corrected chi connectivity index (χ4v) is 1.55. The van der Waals surface area contributed by atoms with E-state index >= 15 is 0 Å². The van der Waals surface area contributed by atoms with Crippen LogP contribution in [0.25, 0.3) is 5.69 Å². The van der Waals surface area contributed by atoms with Crippen LogP contribution in [0.15, 0.2) is 53.8 Å². The molecule has 0 bridgehead atoms. The molecule has 0 saturated carbocycles. The lowest BCUT2D eigenvalue weighted by Gasteiger charge is -2.10. The Morgan fingerprint density at radius 3 is 2.62 bits per heavy atom. The van der Waals surface area contributed by atoms with Gasteiger partial charge in [-0.1, -0.05) is 23.4 Å². The summed E-state index contributed by atoms with van der Waals surface area (Å²) in [6, 6.07) is 12.9. The lowest BCUT2D eigenvalue weighted by Crippen LogP contribution is -2.18. The van der Waals surface area contributed by atoms with Crippen LogP contribution in [0, 0.1) is 0 Å². The van der Waals surface area contributed by atoms with Gasteiger partial charge in [0.15, 0.2) is 5.49 Å². The van der Waals surface area contributed by atoms with Crippen LogP contribution in [-0.2, 0) is 0 Å². The molecule has 2 rings (SSSR count). The monoisotopic (exact) mass is 216 g/mol. The van der Waals surface area contributed by atoms with E-state index in [0.29, 0.717) is 5.49 Å². The average molecular weight is 216 g/mol. The molecule has 82 valence electrons. The summed E-state index contributed by atoms with van der Waals surface area (Å²) in [5, 5.41) is 12.1. The van der Waals surface area contributed by atoms with Crippen LogP contribution in [0.5, 0.6) is 5.75 Å². The molecule has 1 aromatic carbocycles. The zero-order valence-electron chi connectivity index (χ0n) is 8.87. The van der Waals surface area contributed by atoms with Gasteiger partial charge in [-0.3, -0.25) is 4.57 Å². The highest BCUT2D eigenvalue weighted by Gasteiger charge is 2.03. The van der Waals surface area contributed by atoms with Gasteiger partial charge in [-0.15, -0.1) is 0 Å². The molecule has 2 aromatic rings. The molecule has 0 aliphatic carbocycles. The molecule has 4 heteroatoms. The second-order valence-electron chi connectivity index (χ2n) is 3.20. The molecule has 0 atom stereocenters. The Morgan fingerprint density at radius 2 is 1.88 bits per heavy atom. The highest BCUT2D eigenvalue weighted by molar-refractivity contribution is 5.46. The molecule has 1 aromatic heterocycles. The first-order valence-electron chi connectivity index (χ1n) is 4.86. The number of benzene rings is 1. The average Bonchev–Trinajstić information content (AvgIpc) is 2.38. The van der Waals surface area contributed by atoms with Gasteiger partial charge in [0.05, 0.1) is 12.8 Å². The smallest absolute Gasteiger partial charge is 0.176 e. The summed E-state index contributed by atoms with van der Waals surface area (Å²) >= 11 is 0. The maximum absolute atomic E-state index is 8.91. The molecule has 16 heavy (non-hydrogen) atoms. The number of aromatic nitrogens is 1. The third-order valence-corrected chi connectivity index (χ3v) is 2.29. The molecule has 0 unspecified atom stereocenters. The van der Waals surface area contributed by atoms with Crippen LogP contribution in [0.2, 0.25) is 0 Å². The van der Waals surface area contributed by atoms with Crippen LogP contribution in [0.3, 0.4) is 0 Å². The number of hydrogen-bond acceptors (Lipinski definition) is 3. The van der Waals surface area contributed by atoms with Gasteiger partial charge < -0.3 is 9.94 Å². The van der Waals surface area contributed by atoms with Crippen molar-refractivity contribution in [1.29, 1.82) is 0 Å². The Labute approximate surface area is 93.0 Å². The maximum atomic E-state index is 8.91. The Hall–Kier alpha value is -2.23. The largest absolute Gasteiger partial charge is 0.495 e. The summed E-state index contributed by atoms with van der Waals surface area (Å²) in [4.78, 5) is 0. The summed E-state index contributed by atoms with van der Waals surface area (Å²) in [7, 11) is 1.61. The van der Waals surface area contributed by atoms with Crippen LogP contribution < -0.4 is 10.2 Å². The van der Waals surface area contributed by atoms with Crippen molar-refractivity contribution in [2.24, 2.45) is 5.16 Å². The van der Waals surface area contributed by atoms with Crippen LogP contribution >= 0.6 is 0 Å². The second-order valence-corrected chi connectivity index (χ2v) is 3.20. The number of hydrogen-bond donors (Lipinski definition) is 1. The van der Waals surface area contributed by atoms with E-state index < -0.39 is 0 Å². The van der Waals surface area contributed by atoms with Crippen molar-refractivity contribution in [3.05, 3.63) is 54.1 Å². The number of rotatable bonds is 2. The van der Waals surface area contributed by atoms with Crippen molar-refractivity contribution in [2.75, 3.05) is 7.11 Å². The Balaban J connectivity index is 2.68. The van der Waals surface area contributed by atoms with E-state index in [9.17, 15) is 0 Å². The van der Waals surface area contributed by atoms with E-state index in [2.05, 4.69) is 5.16 Å². The first-order valence-corrected chi connectivity index (χ1v) is 4.86. The number of ether oxygens (including phenoxy) is 1. The molecule has 0 saturated heterocycles. The van der Waals surface area contributed by atoms with Crippen LogP contribution in [0.1, 0.15) is 0 Å². The quantitative estimate of drug-likeness (QED) is 0.614. The summed E-state index contributed by atoms with van der Waals surface area (Å²) in [5.74, 6) is 0.726. The highest BCUT2D eigenvalue weighted by Crippen LogP contribution is 2.19. The normalized spacial score (nSPS) is 11.4. The number of para-hydroxylation sites is 2. The van der Waals surface area contributed by atoms with Gasteiger partial charge in [-0.05, 0) is 24.3 Å². The predicted octanol–water partition coefficient (Wildman–Crippen LogP) is 1.78. The minimum Gasteiger partial charge on any atom is -0.495 e. The SMILES string of the molecule is COc1ccccc1-n1ccccc1=NO. The topological polar surface area (TPSA) is 46.8 Å². The van der Waals surface area contributed by atoms with Gasteiger partial charge in [0.25, 0.3) is 0 Å². The zero-order valence-corrected chi connectivity index (χ0v) is 8.87. The predicted molar refractivity (Wildman–Crippen MR) is 59.7 cm³/mol. The first-order chi connectivity index (χ1) is 7.86. The summed E-state index contributed by atoms with van der Waals surface area (Å²) in [6.07, 6.45) is 1.81. The van der Waals surface area contributed by atoms with Crippen LogP contribution in [-0.4, -0.2) is 16.9 Å². The van der Waals surface area contributed by atoms with Crippen LogP contribution in [0.4, 0.5) is 0 Å². The van der Waals surface area contributed by atoms with Crippen molar-refractivity contribution in [3.8, 4) is 11.4 Å². The third kappa shape index (κ3) is 1.77. The Kier molecular flexibility index (Phi) is 2.91. The van der Waals surface area contributed by atoms with Crippen molar-refractivity contribution >= 4 is 0 Å². The van der Waals surface area contributed by atoms with Gasteiger partial charge in [0, 0.05) is 6.20 Å². The second kappa shape index (κ2) is 4.53. The molecular formula is C12H12N2O2. The number of nitrogens with zero attached hydrogens (tertiary/aromatic N) is 2. The van der Waals surface area contributed by atoms with E-state index in [1.165, 1.54) is 0 Å². The lowest BCUT2D eigenvalue weighted by molar-refractivity contribution is 0.296. The number of pyridine rings is 1. The van der Waals surface area contributed by atoms with E-state index in [0.717, 1.165) is 11.4 Å². The number of methoxy groups -OCH3 is 1. The van der Waals surface area contributed by atoms with Crippen molar-refractivity contribution in [3.63, 3.8) is 0 Å². The van der Waals surface area contributed by atoms with Crippen molar-refractivity contribution < 1.29 is 9.94 Å². The molecule has 0 fully saturated rings. The van der Waals surface area contributed by atoms with Gasteiger partial charge in [0.1, 0.15) is 5.75 Å². The highest BCUT2D eigenvalue weighted by atomic mass is 16.5. The van der Waals surface area contributed by atoms with Gasteiger partial charge in [-0.2, -0.15) is 0 Å². The summed E-state index contributed by atoms with van der Waals surface area (Å²) in [6.45, 7) is 0. The van der Waals surface area contributed by atoms with E-state index in [4.69, 9.17) is 9.94 Å². The fraction of sp³-hybridized carbons (Fsp3) is 0.0833. The minimum absolute atomic E-state index is 0.451. The van der Waals surface area contributed by atoms with Gasteiger partial charge in [-0.25, -0.2) is 0 Å². The molecule has 1 heterocycles. The summed E-state index contributed by atoms with van der Waals surface area (Å²) < 4.78 is 7.00. The standard InChI is InChI=1S/C12H12N2O2/c1-16-11-7-3-2-6-10(11)14-9-5-4-8-12(14)13-15/h2-9,15H,1H3. The van der Waals surface area contributed by atoms with E-state index in [1.54, 1.807) is 23.8 Å². The zero-order chi connectivity index (χ0) is 11.4. The summed E-state index contributed by atoms with van der Waals surface area (Å²) in [5.41, 5.74) is 1.28. The van der Waals surface area contributed by atoms with Crippen molar-refractivity contribution in [1.82, 2.24) is 4.57 Å². The Morgan fingerprint density at radius 1 is 1.12 bits per heavy atom. The Bertz CT molecular complexity index is 546.